The molecule has 42 heavy (non-hydrogen) atoms. The summed E-state index contributed by atoms with van der Waals surface area (Å²) in [6.45, 7) is 3.94. The molecule has 1 aromatic heterocycles. The number of halogens is 1. The van der Waals surface area contributed by atoms with Gasteiger partial charge < -0.3 is 24.9 Å². The molecule has 3 N–H and O–H groups in total. The average molecular weight is 571 g/mol. The van der Waals surface area contributed by atoms with Crippen molar-refractivity contribution in [1.82, 2.24) is 15.3 Å². The van der Waals surface area contributed by atoms with Gasteiger partial charge in [-0.05, 0) is 60.9 Å². The molecule has 3 aromatic carbocycles. The fraction of sp³-hybridized carbons (Fsp3) is 0.182. The lowest BCUT2D eigenvalue weighted by molar-refractivity contribution is 0.0697. The number of amidine groups is 1. The summed E-state index contributed by atoms with van der Waals surface area (Å²) in [4.78, 5) is 22.7. The number of allylic oxidation sites excluding steroid dienone is 1. The molecule has 1 heterocycles. The normalized spacial score (nSPS) is 11.8. The van der Waals surface area contributed by atoms with E-state index < -0.39 is 11.8 Å². The second kappa shape index (κ2) is 15.6. The molecule has 0 fully saturated rings. The molecule has 0 radical (unpaired) electrons. The lowest BCUT2D eigenvalue weighted by Crippen LogP contribution is -2.24. The van der Waals surface area contributed by atoms with Crippen molar-refractivity contribution in [3.63, 3.8) is 0 Å². The number of ether oxygens (including phenoxy) is 2. The number of aromatic nitrogens is 2. The number of carbonyl (C=O) groups is 1. The summed E-state index contributed by atoms with van der Waals surface area (Å²) in [7, 11) is 4.93. The van der Waals surface area contributed by atoms with Gasteiger partial charge in [-0.2, -0.15) is 0 Å². The van der Waals surface area contributed by atoms with E-state index in [1.807, 2.05) is 50.3 Å². The Balaban J connectivity index is 0.000000408. The number of aliphatic imine (C=N–C) groups is 1. The zero-order valence-electron chi connectivity index (χ0n) is 24.3. The van der Waals surface area contributed by atoms with Crippen LogP contribution in [-0.4, -0.2) is 48.1 Å². The summed E-state index contributed by atoms with van der Waals surface area (Å²) in [6.07, 6.45) is 5.79. The van der Waals surface area contributed by atoms with Gasteiger partial charge in [0.25, 0.3) is 0 Å². The Bertz CT molecular complexity index is 1550. The molecule has 218 valence electrons. The van der Waals surface area contributed by atoms with Crippen LogP contribution in [0.25, 0.3) is 17.6 Å². The number of rotatable bonds is 9. The molecule has 0 spiro atoms. The highest BCUT2D eigenvalue weighted by molar-refractivity contribution is 6.03. The van der Waals surface area contributed by atoms with Gasteiger partial charge in [-0.1, -0.05) is 55.5 Å². The van der Waals surface area contributed by atoms with Crippen molar-refractivity contribution in [3.8, 4) is 11.5 Å². The monoisotopic (exact) mass is 570 g/mol. The Kier molecular flexibility index (Phi) is 11.6. The summed E-state index contributed by atoms with van der Waals surface area (Å²) in [5, 5.41) is 12.3. The number of hydrogen-bond donors (Lipinski definition) is 3. The Morgan fingerprint density at radius 2 is 1.64 bits per heavy atom. The van der Waals surface area contributed by atoms with E-state index >= 15 is 0 Å². The number of aryl methyl sites for hydroxylation is 1. The minimum Gasteiger partial charge on any atom is -0.493 e. The number of aromatic carboxylic acids is 1. The Labute approximate surface area is 245 Å². The van der Waals surface area contributed by atoms with Crippen molar-refractivity contribution < 1.29 is 23.8 Å². The van der Waals surface area contributed by atoms with Crippen LogP contribution >= 0.6 is 0 Å². The number of H-pyrrole nitrogens is 1. The number of carboxylic acid groups (broad SMARTS) is 1. The van der Waals surface area contributed by atoms with Gasteiger partial charge in [0.05, 0.1) is 26.1 Å². The molecule has 0 aliphatic rings. The molecule has 0 bridgehead atoms. The summed E-state index contributed by atoms with van der Waals surface area (Å²) in [6, 6.07) is 20.7. The van der Waals surface area contributed by atoms with Gasteiger partial charge in [0.2, 0.25) is 0 Å². The van der Waals surface area contributed by atoms with E-state index in [0.29, 0.717) is 17.0 Å². The molecule has 0 saturated carbocycles. The van der Waals surface area contributed by atoms with E-state index in [9.17, 15) is 9.18 Å². The van der Waals surface area contributed by atoms with Crippen LogP contribution in [0.3, 0.4) is 0 Å². The van der Waals surface area contributed by atoms with Gasteiger partial charge in [0.15, 0.2) is 17.3 Å². The highest BCUT2D eigenvalue weighted by Gasteiger charge is 2.13. The first-order valence-electron chi connectivity index (χ1n) is 13.2. The van der Waals surface area contributed by atoms with Gasteiger partial charge >= 0.3 is 5.97 Å². The number of para-hydroxylation sites is 2. The first-order valence-corrected chi connectivity index (χ1v) is 13.2. The van der Waals surface area contributed by atoms with Gasteiger partial charge in [-0.25, -0.2) is 14.2 Å². The van der Waals surface area contributed by atoms with Crippen LogP contribution in [-0.2, 0) is 0 Å². The number of methoxy groups -OCH3 is 2. The third-order valence-electron chi connectivity index (χ3n) is 6.13. The van der Waals surface area contributed by atoms with Crippen molar-refractivity contribution in [1.29, 1.82) is 0 Å². The number of nitrogens with zero attached hydrogens (tertiary/aromatic N) is 2. The van der Waals surface area contributed by atoms with Crippen molar-refractivity contribution in [3.05, 3.63) is 119 Å². The lowest BCUT2D eigenvalue weighted by atomic mass is 10.0. The molecular formula is C33H35FN4O4. The van der Waals surface area contributed by atoms with Crippen LogP contribution in [0.15, 0.2) is 90.2 Å². The molecule has 0 unspecified atom stereocenters. The van der Waals surface area contributed by atoms with Gasteiger partial charge in [0.1, 0.15) is 11.5 Å². The first kappa shape index (κ1) is 31.3. The highest BCUT2D eigenvalue weighted by atomic mass is 19.1. The summed E-state index contributed by atoms with van der Waals surface area (Å²) in [5.74, 6) is 0.716. The fourth-order valence-corrected chi connectivity index (χ4v) is 3.97. The SMILES string of the molecule is CC/C=C(\NC(=NC)c1nc[nH]c1C)c1cccc(/C(F)=C/c2ccc(C(=O)O)cc2)c1.COc1ccccc1OC. The van der Waals surface area contributed by atoms with E-state index in [4.69, 9.17) is 14.6 Å². The lowest BCUT2D eigenvalue weighted by Gasteiger charge is -2.14. The van der Waals surface area contributed by atoms with Crippen molar-refractivity contribution in [2.45, 2.75) is 20.3 Å². The topological polar surface area (TPSA) is 109 Å². The predicted molar refractivity (Wildman–Crippen MR) is 166 cm³/mol. The number of benzene rings is 3. The summed E-state index contributed by atoms with van der Waals surface area (Å²) >= 11 is 0. The summed E-state index contributed by atoms with van der Waals surface area (Å²) < 4.78 is 25.0. The van der Waals surface area contributed by atoms with E-state index in [2.05, 4.69) is 20.3 Å². The van der Waals surface area contributed by atoms with Crippen LogP contribution in [0.4, 0.5) is 4.39 Å². The van der Waals surface area contributed by atoms with E-state index in [-0.39, 0.29) is 5.56 Å². The molecule has 0 aliphatic heterocycles. The molecule has 4 aromatic rings. The second-order valence-corrected chi connectivity index (χ2v) is 8.95. The maximum atomic E-state index is 15.0. The Morgan fingerprint density at radius 3 is 2.17 bits per heavy atom. The molecule has 0 atom stereocenters. The molecule has 0 aliphatic carbocycles. The molecule has 9 heteroatoms. The number of aromatic amines is 1. The quantitative estimate of drug-likeness (QED) is 0.114. The second-order valence-electron chi connectivity index (χ2n) is 8.95. The van der Waals surface area contributed by atoms with E-state index in [1.54, 1.807) is 57.9 Å². The zero-order chi connectivity index (χ0) is 30.5. The third kappa shape index (κ3) is 8.41. The maximum absolute atomic E-state index is 15.0. The van der Waals surface area contributed by atoms with Gasteiger partial charge in [0, 0.05) is 24.0 Å². The zero-order valence-corrected chi connectivity index (χ0v) is 24.3. The largest absolute Gasteiger partial charge is 0.493 e. The van der Waals surface area contributed by atoms with Gasteiger partial charge in [-0.15, -0.1) is 0 Å². The van der Waals surface area contributed by atoms with E-state index in [0.717, 1.165) is 40.6 Å². The first-order chi connectivity index (χ1) is 20.3. The number of carboxylic acids is 1. The highest BCUT2D eigenvalue weighted by Crippen LogP contribution is 2.25. The molecule has 0 saturated heterocycles. The maximum Gasteiger partial charge on any atom is 0.335 e. The smallest absolute Gasteiger partial charge is 0.335 e. The van der Waals surface area contributed by atoms with E-state index in [1.165, 1.54) is 18.2 Å². The molecular weight excluding hydrogens is 535 g/mol. The number of hydrogen-bond acceptors (Lipinski definition) is 5. The number of imidazole rings is 1. The molecule has 0 amide bonds. The predicted octanol–water partition coefficient (Wildman–Crippen LogP) is 7.00. The van der Waals surface area contributed by atoms with Crippen LogP contribution in [0.2, 0.25) is 0 Å². The van der Waals surface area contributed by atoms with Crippen molar-refractivity contribution >= 4 is 29.4 Å². The fourth-order valence-electron chi connectivity index (χ4n) is 3.97. The van der Waals surface area contributed by atoms with Crippen LogP contribution in [0.1, 0.15) is 51.8 Å². The van der Waals surface area contributed by atoms with Crippen molar-refractivity contribution in [2.24, 2.45) is 4.99 Å². The minimum absolute atomic E-state index is 0.158. The molecule has 8 nitrogen and oxygen atoms in total. The Morgan fingerprint density at radius 1 is 1.00 bits per heavy atom. The Hall–Kier alpha value is -5.18. The number of nitrogens with one attached hydrogen (secondary N) is 2. The van der Waals surface area contributed by atoms with Crippen LogP contribution in [0, 0.1) is 6.92 Å². The van der Waals surface area contributed by atoms with Crippen LogP contribution < -0.4 is 14.8 Å². The standard InChI is InChI=1S/C25H25FN4O2.C8H10O2/c1-4-6-22(30-24(27-3)23-16(2)28-15-29-23)20-8-5-7-19(14-20)21(26)13-17-9-11-18(12-10-17)25(31)32;1-9-7-5-3-4-6-8(7)10-2/h5-15H,4H2,1-3H3,(H,27,30)(H,28,29)(H,31,32);3-6H,1-2H3/b21-13-,22-6-;. The van der Waals surface area contributed by atoms with Crippen LogP contribution in [0.5, 0.6) is 11.5 Å². The van der Waals surface area contributed by atoms with Gasteiger partial charge in [-0.3, -0.25) is 4.99 Å². The molecule has 4 rings (SSSR count). The average Bonchev–Trinajstić information content (AvgIpc) is 3.45. The minimum atomic E-state index is -1.02. The summed E-state index contributed by atoms with van der Waals surface area (Å²) in [5.41, 5.74) is 4.38. The van der Waals surface area contributed by atoms with Crippen molar-refractivity contribution in [2.75, 3.05) is 21.3 Å². The third-order valence-corrected chi connectivity index (χ3v) is 6.13.